The summed E-state index contributed by atoms with van der Waals surface area (Å²) in [6.07, 6.45) is -6.07. The number of hydrogen-bond donors (Lipinski definition) is 1. The Balaban J connectivity index is 2.58. The summed E-state index contributed by atoms with van der Waals surface area (Å²) in [5.41, 5.74) is 0. The van der Waals surface area contributed by atoms with Gasteiger partial charge in [0.05, 0.1) is 0 Å². The molecule has 0 aliphatic carbocycles. The van der Waals surface area contributed by atoms with E-state index >= 15 is 0 Å². The normalized spacial score (nSPS) is 25.8. The lowest BCUT2D eigenvalue weighted by Gasteiger charge is -2.25. The molecule has 0 radical (unpaired) electrons. The number of amides is 1. The smallest absolute Gasteiger partial charge is 0.335 e. The molecule has 7 heteroatoms. The van der Waals surface area contributed by atoms with Crippen LogP contribution in [0.15, 0.2) is 0 Å². The molecule has 0 unspecified atom stereocenters. The zero-order valence-corrected chi connectivity index (χ0v) is 8.85. The fourth-order valence-electron chi connectivity index (χ4n) is 1.70. The second kappa shape index (κ2) is 4.99. The Morgan fingerprint density at radius 1 is 1.44 bits per heavy atom. The monoisotopic (exact) mass is 242 g/mol. The van der Waals surface area contributed by atoms with Crippen LogP contribution in [0, 0.1) is 5.92 Å². The van der Waals surface area contributed by atoms with Gasteiger partial charge in [0.25, 0.3) is 0 Å². The Morgan fingerprint density at radius 3 is 2.44 bits per heavy atom. The number of rotatable bonds is 3. The molecule has 0 saturated carbocycles. The fourth-order valence-corrected chi connectivity index (χ4v) is 1.70. The third-order valence-corrected chi connectivity index (χ3v) is 2.62. The summed E-state index contributed by atoms with van der Waals surface area (Å²) in [7, 11) is 0. The van der Waals surface area contributed by atoms with E-state index in [1.54, 1.807) is 0 Å². The molecule has 1 amide bonds. The third kappa shape index (κ3) is 3.07. The van der Waals surface area contributed by atoms with Gasteiger partial charge in [-0.1, -0.05) is 0 Å². The Morgan fingerprint density at radius 2 is 2.06 bits per heavy atom. The lowest BCUT2D eigenvalue weighted by atomic mass is 10.1. The van der Waals surface area contributed by atoms with Crippen molar-refractivity contribution in [1.82, 2.24) is 10.2 Å². The zero-order chi connectivity index (χ0) is 12.3. The fraction of sp³-hybridized carbons (Fsp3) is 0.889. The van der Waals surface area contributed by atoms with Crippen LogP contribution in [0.5, 0.6) is 0 Å². The molecule has 1 heterocycles. The van der Waals surface area contributed by atoms with Gasteiger partial charge in [0.15, 0.2) is 0 Å². The third-order valence-electron chi connectivity index (χ3n) is 2.62. The molecule has 0 aromatic carbocycles. The minimum Gasteiger partial charge on any atom is -0.335 e. The van der Waals surface area contributed by atoms with Crippen LogP contribution < -0.4 is 5.32 Å². The lowest BCUT2D eigenvalue weighted by molar-refractivity contribution is -0.186. The van der Waals surface area contributed by atoms with Gasteiger partial charge in [-0.3, -0.25) is 4.79 Å². The molecule has 1 saturated heterocycles. The Bertz CT molecular complexity index is 256. The van der Waals surface area contributed by atoms with E-state index in [0.29, 0.717) is 11.4 Å². The SMILES string of the molecule is CCN(C[C@H]1CNC[C@H]1F)C(=O)C(F)(F)F. The number of nitrogens with one attached hydrogen (secondary N) is 1. The molecule has 0 aromatic rings. The van der Waals surface area contributed by atoms with Crippen molar-refractivity contribution < 1.29 is 22.4 Å². The number of hydrogen-bond acceptors (Lipinski definition) is 2. The maximum absolute atomic E-state index is 13.2. The van der Waals surface area contributed by atoms with Crippen molar-refractivity contribution in [2.75, 3.05) is 26.2 Å². The van der Waals surface area contributed by atoms with E-state index in [1.165, 1.54) is 6.92 Å². The molecule has 94 valence electrons. The van der Waals surface area contributed by atoms with E-state index in [1.807, 2.05) is 0 Å². The average Bonchev–Trinajstić information content (AvgIpc) is 2.58. The second-order valence-electron chi connectivity index (χ2n) is 3.78. The first-order chi connectivity index (χ1) is 7.36. The largest absolute Gasteiger partial charge is 0.471 e. The summed E-state index contributed by atoms with van der Waals surface area (Å²) in [5.74, 6) is -2.44. The van der Waals surface area contributed by atoms with E-state index in [9.17, 15) is 22.4 Å². The van der Waals surface area contributed by atoms with Crippen LogP contribution in [0.1, 0.15) is 6.92 Å². The molecule has 1 rings (SSSR count). The summed E-state index contributed by atoms with van der Waals surface area (Å²) < 4.78 is 49.6. The number of alkyl halides is 4. The molecule has 0 spiro atoms. The summed E-state index contributed by atoms with van der Waals surface area (Å²) in [5, 5.41) is 2.74. The highest BCUT2D eigenvalue weighted by Crippen LogP contribution is 2.21. The molecular formula is C9H14F4N2O. The van der Waals surface area contributed by atoms with Gasteiger partial charge in [-0.05, 0) is 6.92 Å². The summed E-state index contributed by atoms with van der Waals surface area (Å²) in [6, 6.07) is 0. The highest BCUT2D eigenvalue weighted by Gasteiger charge is 2.43. The van der Waals surface area contributed by atoms with Crippen LogP contribution in [0.4, 0.5) is 17.6 Å². The van der Waals surface area contributed by atoms with Crippen LogP contribution in [0.25, 0.3) is 0 Å². The maximum Gasteiger partial charge on any atom is 0.471 e. The molecule has 1 aliphatic heterocycles. The van der Waals surface area contributed by atoms with Crippen molar-refractivity contribution in [3.8, 4) is 0 Å². The Hall–Kier alpha value is -0.850. The highest BCUT2D eigenvalue weighted by molar-refractivity contribution is 5.81. The first-order valence-corrected chi connectivity index (χ1v) is 5.07. The highest BCUT2D eigenvalue weighted by atomic mass is 19.4. The van der Waals surface area contributed by atoms with Gasteiger partial charge in [-0.2, -0.15) is 13.2 Å². The van der Waals surface area contributed by atoms with Crippen LogP contribution in [-0.2, 0) is 4.79 Å². The van der Waals surface area contributed by atoms with E-state index in [-0.39, 0.29) is 19.6 Å². The topological polar surface area (TPSA) is 32.3 Å². The van der Waals surface area contributed by atoms with Crippen LogP contribution >= 0.6 is 0 Å². The van der Waals surface area contributed by atoms with E-state index < -0.39 is 24.2 Å². The summed E-state index contributed by atoms with van der Waals surface area (Å²) in [4.78, 5) is 11.6. The summed E-state index contributed by atoms with van der Waals surface area (Å²) in [6.45, 7) is 1.63. The van der Waals surface area contributed by atoms with Crippen LogP contribution in [0.3, 0.4) is 0 Å². The van der Waals surface area contributed by atoms with E-state index in [0.717, 1.165) is 0 Å². The molecule has 1 aliphatic rings. The van der Waals surface area contributed by atoms with E-state index in [2.05, 4.69) is 5.32 Å². The maximum atomic E-state index is 13.2. The Labute approximate surface area is 90.8 Å². The second-order valence-corrected chi connectivity index (χ2v) is 3.78. The van der Waals surface area contributed by atoms with Gasteiger partial charge in [0.1, 0.15) is 6.17 Å². The Kier molecular flexibility index (Phi) is 4.12. The minimum atomic E-state index is -4.88. The van der Waals surface area contributed by atoms with Crippen molar-refractivity contribution in [2.24, 2.45) is 5.92 Å². The molecule has 2 atom stereocenters. The predicted molar refractivity (Wildman–Crippen MR) is 49.6 cm³/mol. The number of nitrogens with zero attached hydrogens (tertiary/aromatic N) is 1. The summed E-state index contributed by atoms with van der Waals surface area (Å²) >= 11 is 0. The number of carbonyl (C=O) groups is 1. The quantitative estimate of drug-likeness (QED) is 0.747. The minimum absolute atomic E-state index is 0.0679. The molecule has 3 nitrogen and oxygen atoms in total. The van der Waals surface area contributed by atoms with Gasteiger partial charge in [0, 0.05) is 32.1 Å². The van der Waals surface area contributed by atoms with Gasteiger partial charge in [-0.15, -0.1) is 0 Å². The first kappa shape index (κ1) is 13.2. The van der Waals surface area contributed by atoms with Crippen molar-refractivity contribution in [3.05, 3.63) is 0 Å². The zero-order valence-electron chi connectivity index (χ0n) is 8.85. The lowest BCUT2D eigenvalue weighted by Crippen LogP contribution is -2.44. The van der Waals surface area contributed by atoms with Crippen molar-refractivity contribution in [2.45, 2.75) is 19.3 Å². The first-order valence-electron chi connectivity index (χ1n) is 5.07. The van der Waals surface area contributed by atoms with Crippen LogP contribution in [0.2, 0.25) is 0 Å². The molecule has 1 N–H and O–H groups in total. The van der Waals surface area contributed by atoms with Crippen LogP contribution in [-0.4, -0.2) is 49.3 Å². The van der Waals surface area contributed by atoms with Gasteiger partial charge < -0.3 is 10.2 Å². The average molecular weight is 242 g/mol. The van der Waals surface area contributed by atoms with Gasteiger partial charge in [0.2, 0.25) is 0 Å². The standard InChI is InChI=1S/C9H14F4N2O/c1-2-15(8(16)9(11,12)13)5-6-3-14-4-7(6)10/h6-7,14H,2-5H2,1H3/t6-,7-/m1/s1. The molecule has 0 bridgehead atoms. The molecule has 0 aromatic heterocycles. The van der Waals surface area contributed by atoms with Crippen molar-refractivity contribution in [1.29, 1.82) is 0 Å². The molecule has 16 heavy (non-hydrogen) atoms. The van der Waals surface area contributed by atoms with Gasteiger partial charge >= 0.3 is 12.1 Å². The predicted octanol–water partition coefficient (Wildman–Crippen LogP) is 0.955. The molecular weight excluding hydrogens is 228 g/mol. The van der Waals surface area contributed by atoms with Crippen molar-refractivity contribution >= 4 is 5.91 Å². The van der Waals surface area contributed by atoms with Gasteiger partial charge in [-0.25, -0.2) is 4.39 Å². The van der Waals surface area contributed by atoms with Crippen molar-refractivity contribution in [3.63, 3.8) is 0 Å². The number of halogens is 4. The molecule has 1 fully saturated rings. The van der Waals surface area contributed by atoms with E-state index in [4.69, 9.17) is 0 Å². The number of carbonyl (C=O) groups excluding carboxylic acids is 1.